The Bertz CT molecular complexity index is 304. The minimum absolute atomic E-state index is 0.00859. The van der Waals surface area contributed by atoms with E-state index in [9.17, 15) is 8.42 Å². The van der Waals surface area contributed by atoms with Crippen LogP contribution in [0.4, 0.5) is 0 Å². The second-order valence-corrected chi connectivity index (χ2v) is 6.64. The van der Waals surface area contributed by atoms with Gasteiger partial charge in [-0.2, -0.15) is 0 Å². The third kappa shape index (κ3) is 7.70. The normalized spacial score (nSPS) is 16.1. The number of ether oxygens (including phenoxy) is 1. The number of hydrogen-bond acceptors (Lipinski definition) is 4. The number of hydrogen-bond donors (Lipinski definition) is 2. The largest absolute Gasteiger partial charge is 0.378 e. The van der Waals surface area contributed by atoms with E-state index in [-0.39, 0.29) is 18.5 Å². The average molecular weight is 266 g/mol. The van der Waals surface area contributed by atoms with Gasteiger partial charge in [0.15, 0.2) is 0 Å². The molecule has 0 aromatic carbocycles. The predicted octanol–water partition coefficient (Wildman–Crippen LogP) is 0.848. The molecule has 0 aliphatic rings. The van der Waals surface area contributed by atoms with Crippen molar-refractivity contribution in [2.75, 3.05) is 18.9 Å². The van der Waals surface area contributed by atoms with Crippen LogP contribution in [0.25, 0.3) is 0 Å². The summed E-state index contributed by atoms with van der Waals surface area (Å²) >= 11 is 0. The van der Waals surface area contributed by atoms with E-state index in [0.717, 1.165) is 0 Å². The zero-order valence-electron chi connectivity index (χ0n) is 11.3. The second-order valence-electron chi connectivity index (χ2n) is 4.79. The Kier molecular flexibility index (Phi) is 7.23. The van der Waals surface area contributed by atoms with E-state index in [1.165, 1.54) is 0 Å². The average Bonchev–Trinajstić information content (AvgIpc) is 2.16. The summed E-state index contributed by atoms with van der Waals surface area (Å²) in [6.45, 7) is 8.27. The van der Waals surface area contributed by atoms with E-state index in [1.807, 2.05) is 27.7 Å². The topological polar surface area (TPSA) is 81.4 Å². The first kappa shape index (κ1) is 16.8. The fourth-order valence-corrected chi connectivity index (χ4v) is 2.85. The summed E-state index contributed by atoms with van der Waals surface area (Å²) in [5.74, 6) is -0.00859. The Morgan fingerprint density at radius 2 is 2.00 bits per heavy atom. The lowest BCUT2D eigenvalue weighted by atomic mass is 9.96. The Morgan fingerprint density at radius 3 is 2.41 bits per heavy atom. The van der Waals surface area contributed by atoms with Crippen molar-refractivity contribution in [2.24, 2.45) is 5.73 Å². The molecule has 0 bridgehead atoms. The summed E-state index contributed by atoms with van der Waals surface area (Å²) in [6.07, 6.45) is 1.40. The molecule has 104 valence electrons. The molecular formula is C11H26N2O3S. The van der Waals surface area contributed by atoms with Crippen molar-refractivity contribution in [3.63, 3.8) is 0 Å². The van der Waals surface area contributed by atoms with Gasteiger partial charge in [0, 0.05) is 5.54 Å². The van der Waals surface area contributed by atoms with Gasteiger partial charge in [-0.3, -0.25) is 0 Å². The van der Waals surface area contributed by atoms with Gasteiger partial charge in [-0.05, 0) is 40.2 Å². The van der Waals surface area contributed by atoms with Crippen molar-refractivity contribution < 1.29 is 13.2 Å². The van der Waals surface area contributed by atoms with Gasteiger partial charge in [-0.25, -0.2) is 13.1 Å². The molecule has 0 radical (unpaired) electrons. The molecule has 1 atom stereocenters. The van der Waals surface area contributed by atoms with Crippen LogP contribution in [0.2, 0.25) is 0 Å². The van der Waals surface area contributed by atoms with Gasteiger partial charge >= 0.3 is 0 Å². The maximum atomic E-state index is 11.8. The number of nitrogens with two attached hydrogens (primary N) is 1. The molecule has 0 aliphatic carbocycles. The zero-order valence-corrected chi connectivity index (χ0v) is 12.1. The molecule has 5 nitrogen and oxygen atoms in total. The first-order chi connectivity index (χ1) is 7.74. The molecule has 1 unspecified atom stereocenters. The van der Waals surface area contributed by atoms with Gasteiger partial charge in [0.25, 0.3) is 0 Å². The van der Waals surface area contributed by atoms with Crippen LogP contribution in [-0.4, -0.2) is 39.0 Å². The van der Waals surface area contributed by atoms with Crippen molar-refractivity contribution in [2.45, 2.75) is 52.2 Å². The highest BCUT2D eigenvalue weighted by molar-refractivity contribution is 7.89. The van der Waals surface area contributed by atoms with Crippen LogP contribution in [-0.2, 0) is 14.8 Å². The molecule has 0 heterocycles. The van der Waals surface area contributed by atoms with E-state index in [0.29, 0.717) is 19.4 Å². The quantitative estimate of drug-likeness (QED) is 0.648. The summed E-state index contributed by atoms with van der Waals surface area (Å²) in [5, 5.41) is 0. The molecule has 0 fully saturated rings. The summed E-state index contributed by atoms with van der Waals surface area (Å²) in [4.78, 5) is 0. The standard InChI is InChI=1S/C11H26N2O3S/c1-5-11(4,6-7-12)13-17(14,15)9-8-16-10(2)3/h10,13H,5-9,12H2,1-4H3. The smallest absolute Gasteiger partial charge is 0.214 e. The van der Waals surface area contributed by atoms with Crippen LogP contribution >= 0.6 is 0 Å². The van der Waals surface area contributed by atoms with Gasteiger partial charge in [-0.1, -0.05) is 6.92 Å². The molecule has 0 aliphatic heterocycles. The molecule has 0 saturated carbocycles. The van der Waals surface area contributed by atoms with Crippen LogP contribution < -0.4 is 10.5 Å². The number of sulfonamides is 1. The summed E-state index contributed by atoms with van der Waals surface area (Å²) in [5.41, 5.74) is 5.04. The number of nitrogens with one attached hydrogen (secondary N) is 1. The van der Waals surface area contributed by atoms with Crippen molar-refractivity contribution in [1.29, 1.82) is 0 Å². The Balaban J connectivity index is 4.32. The molecule has 0 aromatic heterocycles. The van der Waals surface area contributed by atoms with Gasteiger partial charge in [0.2, 0.25) is 10.0 Å². The van der Waals surface area contributed by atoms with Crippen molar-refractivity contribution in [1.82, 2.24) is 4.72 Å². The first-order valence-electron chi connectivity index (χ1n) is 6.08. The highest BCUT2D eigenvalue weighted by atomic mass is 32.2. The van der Waals surface area contributed by atoms with Gasteiger partial charge < -0.3 is 10.5 Å². The monoisotopic (exact) mass is 266 g/mol. The van der Waals surface area contributed by atoms with Crippen LogP contribution in [0.5, 0.6) is 0 Å². The highest BCUT2D eigenvalue weighted by Crippen LogP contribution is 2.14. The molecule has 3 N–H and O–H groups in total. The van der Waals surface area contributed by atoms with Gasteiger partial charge in [-0.15, -0.1) is 0 Å². The molecule has 0 saturated heterocycles. The summed E-state index contributed by atoms with van der Waals surface area (Å²) < 4.78 is 31.6. The van der Waals surface area contributed by atoms with Crippen LogP contribution in [0.3, 0.4) is 0 Å². The third-order valence-corrected chi connectivity index (χ3v) is 4.19. The van der Waals surface area contributed by atoms with Crippen LogP contribution in [0.15, 0.2) is 0 Å². The van der Waals surface area contributed by atoms with Crippen LogP contribution in [0, 0.1) is 0 Å². The second kappa shape index (κ2) is 7.31. The molecule has 17 heavy (non-hydrogen) atoms. The lowest BCUT2D eigenvalue weighted by Gasteiger charge is -2.28. The van der Waals surface area contributed by atoms with E-state index in [2.05, 4.69) is 4.72 Å². The van der Waals surface area contributed by atoms with E-state index >= 15 is 0 Å². The summed E-state index contributed by atoms with van der Waals surface area (Å²) in [7, 11) is -3.30. The zero-order chi connectivity index (χ0) is 13.5. The molecule has 6 heteroatoms. The lowest BCUT2D eigenvalue weighted by Crippen LogP contribution is -2.48. The highest BCUT2D eigenvalue weighted by Gasteiger charge is 2.26. The first-order valence-corrected chi connectivity index (χ1v) is 7.73. The predicted molar refractivity (Wildman–Crippen MR) is 70.4 cm³/mol. The van der Waals surface area contributed by atoms with E-state index < -0.39 is 15.6 Å². The fraction of sp³-hybridized carbons (Fsp3) is 1.00. The Morgan fingerprint density at radius 1 is 1.41 bits per heavy atom. The summed E-state index contributed by atoms with van der Waals surface area (Å²) in [6, 6.07) is 0. The van der Waals surface area contributed by atoms with Gasteiger partial charge in [0.05, 0.1) is 18.5 Å². The maximum Gasteiger partial charge on any atom is 0.214 e. The molecule has 0 spiro atoms. The molecular weight excluding hydrogens is 240 g/mol. The molecule has 0 aromatic rings. The lowest BCUT2D eigenvalue weighted by molar-refractivity contribution is 0.0910. The fourth-order valence-electron chi connectivity index (χ4n) is 1.44. The van der Waals surface area contributed by atoms with Crippen molar-refractivity contribution >= 4 is 10.0 Å². The third-order valence-electron chi connectivity index (χ3n) is 2.68. The molecule has 0 rings (SSSR count). The Labute approximate surface area is 105 Å². The number of rotatable bonds is 9. The maximum absolute atomic E-state index is 11.8. The SMILES string of the molecule is CCC(C)(CCN)NS(=O)(=O)CCOC(C)C. The van der Waals surface area contributed by atoms with Crippen molar-refractivity contribution in [3.8, 4) is 0 Å². The minimum Gasteiger partial charge on any atom is -0.378 e. The van der Waals surface area contributed by atoms with E-state index in [4.69, 9.17) is 10.5 Å². The van der Waals surface area contributed by atoms with E-state index in [1.54, 1.807) is 0 Å². The minimum atomic E-state index is -3.30. The van der Waals surface area contributed by atoms with Crippen LogP contribution in [0.1, 0.15) is 40.5 Å². The van der Waals surface area contributed by atoms with Gasteiger partial charge in [0.1, 0.15) is 0 Å². The molecule has 0 amide bonds. The Hall–Kier alpha value is -0.170. The van der Waals surface area contributed by atoms with Crippen molar-refractivity contribution in [3.05, 3.63) is 0 Å².